The number of carbonyl (C=O) groups is 1. The normalized spacial score (nSPS) is 10.7. The van der Waals surface area contributed by atoms with E-state index in [1.54, 1.807) is 35.1 Å². The predicted octanol–water partition coefficient (Wildman–Crippen LogP) is 5.25. The molecule has 0 saturated carbocycles. The summed E-state index contributed by atoms with van der Waals surface area (Å²) in [6.45, 7) is 0. The molecule has 0 unspecified atom stereocenters. The van der Waals surface area contributed by atoms with Crippen molar-refractivity contribution in [2.75, 3.05) is 5.32 Å². The highest BCUT2D eigenvalue weighted by Gasteiger charge is 2.12. The van der Waals surface area contributed by atoms with Crippen molar-refractivity contribution in [3.05, 3.63) is 64.4 Å². The van der Waals surface area contributed by atoms with E-state index in [1.165, 1.54) is 11.3 Å². The van der Waals surface area contributed by atoms with E-state index in [0.717, 1.165) is 26.1 Å². The Morgan fingerprint density at radius 2 is 1.83 bits per heavy atom. The van der Waals surface area contributed by atoms with Crippen molar-refractivity contribution >= 4 is 45.6 Å². The summed E-state index contributed by atoms with van der Waals surface area (Å²) in [5.74, 6) is -0.141. The molecule has 4 rings (SSSR count). The van der Waals surface area contributed by atoms with Crippen LogP contribution >= 0.6 is 34.0 Å². The van der Waals surface area contributed by atoms with Gasteiger partial charge in [0, 0.05) is 22.8 Å². The topological polar surface area (TPSA) is 54.9 Å². The van der Waals surface area contributed by atoms with Crippen molar-refractivity contribution in [3.8, 4) is 20.5 Å². The van der Waals surface area contributed by atoms with Crippen LogP contribution in [-0.4, -0.2) is 15.9 Å². The van der Waals surface area contributed by atoms with Gasteiger partial charge in [0.15, 0.2) is 0 Å². The fraction of sp³-hybridized carbons (Fsp3) is 0. The molecule has 0 saturated heterocycles. The van der Waals surface area contributed by atoms with Crippen LogP contribution in [-0.2, 0) is 0 Å². The first-order chi connectivity index (χ1) is 11.8. The predicted molar refractivity (Wildman–Crippen MR) is 101 cm³/mol. The van der Waals surface area contributed by atoms with Crippen LogP contribution in [0.3, 0.4) is 0 Å². The molecule has 1 amide bonds. The van der Waals surface area contributed by atoms with Gasteiger partial charge in [0.05, 0.1) is 11.1 Å². The Bertz CT molecular complexity index is 942. The van der Waals surface area contributed by atoms with E-state index in [1.807, 2.05) is 47.2 Å². The first kappa shape index (κ1) is 15.2. The number of thiophene rings is 1. The summed E-state index contributed by atoms with van der Waals surface area (Å²) >= 11 is 4.60. The summed E-state index contributed by atoms with van der Waals surface area (Å²) in [5.41, 5.74) is 1.80. The molecule has 0 bridgehead atoms. The number of anilines is 1. The molecule has 3 aromatic heterocycles. The van der Waals surface area contributed by atoms with Gasteiger partial charge in [0.25, 0.3) is 5.91 Å². The lowest BCUT2D eigenvalue weighted by molar-refractivity contribution is 0.103. The number of aromatic nitrogens is 2. The lowest BCUT2D eigenvalue weighted by Crippen LogP contribution is -2.09. The zero-order valence-corrected chi connectivity index (χ0v) is 14.8. The zero-order valence-electron chi connectivity index (χ0n) is 12.3. The van der Waals surface area contributed by atoms with Gasteiger partial charge in [-0.2, -0.15) is 0 Å². The zero-order chi connectivity index (χ0) is 16.4. The summed E-state index contributed by atoms with van der Waals surface area (Å²) in [7, 11) is 0. The van der Waals surface area contributed by atoms with Crippen LogP contribution in [0.5, 0.6) is 0 Å². The van der Waals surface area contributed by atoms with Crippen LogP contribution in [0.4, 0.5) is 5.69 Å². The largest absolute Gasteiger partial charge is 0.321 e. The van der Waals surface area contributed by atoms with Gasteiger partial charge in [-0.05, 0) is 35.7 Å². The highest BCUT2D eigenvalue weighted by molar-refractivity contribution is 7.22. The van der Waals surface area contributed by atoms with Gasteiger partial charge in [-0.15, -0.1) is 34.0 Å². The first-order valence-corrected chi connectivity index (χ1v) is 9.68. The summed E-state index contributed by atoms with van der Waals surface area (Å²) in [6, 6.07) is 11.7. The minimum Gasteiger partial charge on any atom is -0.321 e. The Kier molecular flexibility index (Phi) is 4.20. The summed E-state index contributed by atoms with van der Waals surface area (Å²) in [5, 5.41) is 8.69. The van der Waals surface area contributed by atoms with E-state index in [4.69, 9.17) is 0 Å². The number of benzene rings is 1. The standard InChI is InChI=1S/C17H11N3OS3/c21-15(14-10-19-17(24-14)13-2-1-8-22-13)20-12-5-3-11(4-6-12)16-18-7-9-23-16/h1-10H,(H,20,21). The summed E-state index contributed by atoms with van der Waals surface area (Å²) in [4.78, 5) is 22.6. The number of hydrogen-bond acceptors (Lipinski definition) is 6. The number of thiazole rings is 2. The van der Waals surface area contributed by atoms with Gasteiger partial charge in [-0.3, -0.25) is 4.79 Å². The Hall–Kier alpha value is -2.35. The second kappa shape index (κ2) is 6.64. The Morgan fingerprint density at radius 3 is 2.54 bits per heavy atom. The first-order valence-electron chi connectivity index (χ1n) is 7.10. The molecule has 0 aliphatic rings. The van der Waals surface area contributed by atoms with Crippen LogP contribution in [0.2, 0.25) is 0 Å². The molecule has 1 aromatic carbocycles. The third-order valence-electron chi connectivity index (χ3n) is 3.28. The lowest BCUT2D eigenvalue weighted by Gasteiger charge is -2.04. The summed E-state index contributed by atoms with van der Waals surface area (Å²) < 4.78 is 0. The molecule has 0 spiro atoms. The Morgan fingerprint density at radius 1 is 0.958 bits per heavy atom. The molecule has 0 radical (unpaired) electrons. The highest BCUT2D eigenvalue weighted by Crippen LogP contribution is 2.29. The second-order valence-electron chi connectivity index (χ2n) is 4.88. The van der Waals surface area contributed by atoms with E-state index < -0.39 is 0 Å². The number of nitrogens with zero attached hydrogens (tertiary/aromatic N) is 2. The molecule has 118 valence electrons. The van der Waals surface area contributed by atoms with Crippen LogP contribution < -0.4 is 5.32 Å². The third kappa shape index (κ3) is 3.14. The highest BCUT2D eigenvalue weighted by atomic mass is 32.1. The van der Waals surface area contributed by atoms with Gasteiger partial charge < -0.3 is 5.32 Å². The number of rotatable bonds is 4. The number of hydrogen-bond donors (Lipinski definition) is 1. The molecule has 4 nitrogen and oxygen atoms in total. The number of nitrogens with one attached hydrogen (secondary N) is 1. The molecular formula is C17H11N3OS3. The van der Waals surface area contributed by atoms with Gasteiger partial charge >= 0.3 is 0 Å². The average Bonchev–Trinajstić information content (AvgIpc) is 3.35. The van der Waals surface area contributed by atoms with Gasteiger partial charge in [0.1, 0.15) is 14.9 Å². The number of amides is 1. The maximum absolute atomic E-state index is 12.4. The number of carbonyl (C=O) groups excluding carboxylic acids is 1. The van der Waals surface area contributed by atoms with E-state index in [-0.39, 0.29) is 5.91 Å². The quantitative estimate of drug-likeness (QED) is 0.535. The maximum Gasteiger partial charge on any atom is 0.267 e. The van der Waals surface area contributed by atoms with Crippen LogP contribution in [0.15, 0.2) is 59.6 Å². The van der Waals surface area contributed by atoms with Crippen molar-refractivity contribution < 1.29 is 4.79 Å². The van der Waals surface area contributed by atoms with Crippen LogP contribution in [0.1, 0.15) is 9.67 Å². The Labute approximate surface area is 150 Å². The van der Waals surface area contributed by atoms with Crippen molar-refractivity contribution in [1.29, 1.82) is 0 Å². The van der Waals surface area contributed by atoms with Gasteiger partial charge in [-0.1, -0.05) is 6.07 Å². The third-order valence-corrected chi connectivity index (χ3v) is 6.14. The van der Waals surface area contributed by atoms with Crippen LogP contribution in [0.25, 0.3) is 20.5 Å². The van der Waals surface area contributed by atoms with Crippen LogP contribution in [0, 0.1) is 0 Å². The average molecular weight is 369 g/mol. The SMILES string of the molecule is O=C(Nc1ccc(-c2nccs2)cc1)c1cnc(-c2cccs2)s1. The Balaban J connectivity index is 1.48. The van der Waals surface area contributed by atoms with Crippen molar-refractivity contribution in [3.63, 3.8) is 0 Å². The molecule has 0 aliphatic heterocycles. The monoisotopic (exact) mass is 369 g/mol. The van der Waals surface area contributed by atoms with E-state index in [2.05, 4.69) is 15.3 Å². The molecule has 1 N–H and O–H groups in total. The molecule has 24 heavy (non-hydrogen) atoms. The molecule has 7 heteroatoms. The van der Waals surface area contributed by atoms with Crippen molar-refractivity contribution in [2.45, 2.75) is 0 Å². The second-order valence-corrected chi connectivity index (χ2v) is 7.75. The molecular weight excluding hydrogens is 358 g/mol. The van der Waals surface area contributed by atoms with E-state index in [9.17, 15) is 4.79 Å². The van der Waals surface area contributed by atoms with Crippen molar-refractivity contribution in [2.24, 2.45) is 0 Å². The van der Waals surface area contributed by atoms with Gasteiger partial charge in [0.2, 0.25) is 0 Å². The minimum atomic E-state index is -0.141. The smallest absolute Gasteiger partial charge is 0.267 e. The molecule has 0 atom stereocenters. The molecule has 4 aromatic rings. The van der Waals surface area contributed by atoms with E-state index >= 15 is 0 Å². The molecule has 0 fully saturated rings. The minimum absolute atomic E-state index is 0.141. The van der Waals surface area contributed by atoms with Crippen molar-refractivity contribution in [1.82, 2.24) is 9.97 Å². The molecule has 0 aliphatic carbocycles. The fourth-order valence-electron chi connectivity index (χ4n) is 2.15. The fourth-order valence-corrected chi connectivity index (χ4v) is 4.41. The van der Waals surface area contributed by atoms with Gasteiger partial charge in [-0.25, -0.2) is 9.97 Å². The maximum atomic E-state index is 12.4. The summed E-state index contributed by atoms with van der Waals surface area (Å²) in [6.07, 6.45) is 3.41. The lowest BCUT2D eigenvalue weighted by atomic mass is 10.2. The molecule has 3 heterocycles. The van der Waals surface area contributed by atoms with E-state index in [0.29, 0.717) is 4.88 Å².